The van der Waals surface area contributed by atoms with E-state index >= 15 is 0 Å². The van der Waals surface area contributed by atoms with Crippen LogP contribution in [0.25, 0.3) is 0 Å². The average molecular weight is 269 g/mol. The van der Waals surface area contributed by atoms with Crippen LogP contribution in [-0.2, 0) is 14.3 Å². The van der Waals surface area contributed by atoms with E-state index in [1.807, 2.05) is 0 Å². The molecule has 1 aliphatic carbocycles. The minimum Gasteiger partial charge on any atom is -0.481 e. The van der Waals surface area contributed by atoms with E-state index in [1.54, 1.807) is 13.8 Å². The van der Waals surface area contributed by atoms with Gasteiger partial charge in [0.2, 0.25) is 0 Å². The minimum atomic E-state index is -0.834. The number of amides is 1. The van der Waals surface area contributed by atoms with E-state index < -0.39 is 28.7 Å². The Morgan fingerprint density at radius 2 is 2.11 bits per heavy atom. The smallest absolute Gasteiger partial charge is 0.407 e. The molecule has 106 valence electrons. The predicted molar refractivity (Wildman–Crippen MR) is 66.7 cm³/mol. The largest absolute Gasteiger partial charge is 0.481 e. The van der Waals surface area contributed by atoms with Gasteiger partial charge in [0, 0.05) is 0 Å². The number of carbonyl (C=O) groups is 2. The second-order valence-corrected chi connectivity index (χ2v) is 5.78. The Morgan fingerprint density at radius 1 is 1.47 bits per heavy atom. The topological polar surface area (TPSA) is 84.9 Å². The van der Waals surface area contributed by atoms with Crippen LogP contribution in [0.3, 0.4) is 0 Å². The maximum absolute atomic E-state index is 11.4. The molecule has 2 N–H and O–H groups in total. The number of ether oxygens (including phenoxy) is 2. The SMILES string of the molecule is C=CCOC(=O)NCC12CC(C(=O)O)(C1)C(C)(C)O2. The van der Waals surface area contributed by atoms with Gasteiger partial charge in [0.15, 0.2) is 0 Å². The zero-order valence-electron chi connectivity index (χ0n) is 11.2. The van der Waals surface area contributed by atoms with Crippen molar-refractivity contribution < 1.29 is 24.2 Å². The van der Waals surface area contributed by atoms with Crippen molar-refractivity contribution in [2.75, 3.05) is 13.2 Å². The lowest BCUT2D eigenvalue weighted by atomic mass is 9.56. The highest BCUT2D eigenvalue weighted by molar-refractivity contribution is 5.79. The number of rotatable bonds is 5. The van der Waals surface area contributed by atoms with Crippen molar-refractivity contribution in [2.24, 2.45) is 5.41 Å². The molecule has 0 spiro atoms. The van der Waals surface area contributed by atoms with Crippen LogP contribution in [0, 0.1) is 5.41 Å². The van der Waals surface area contributed by atoms with E-state index in [9.17, 15) is 14.7 Å². The number of carboxylic acid groups (broad SMARTS) is 1. The van der Waals surface area contributed by atoms with Crippen LogP contribution in [0.2, 0.25) is 0 Å². The van der Waals surface area contributed by atoms with Crippen LogP contribution in [0.4, 0.5) is 4.79 Å². The summed E-state index contributed by atoms with van der Waals surface area (Å²) in [5.41, 5.74) is -2.12. The number of aliphatic carboxylic acids is 1. The van der Waals surface area contributed by atoms with Gasteiger partial charge >= 0.3 is 12.1 Å². The second kappa shape index (κ2) is 4.23. The van der Waals surface area contributed by atoms with Gasteiger partial charge in [0.05, 0.1) is 17.7 Å². The molecule has 3 rings (SSSR count). The molecular weight excluding hydrogens is 250 g/mol. The van der Waals surface area contributed by atoms with Crippen LogP contribution < -0.4 is 5.32 Å². The molecule has 2 aliphatic heterocycles. The van der Waals surface area contributed by atoms with Crippen molar-refractivity contribution in [1.82, 2.24) is 5.32 Å². The summed E-state index contributed by atoms with van der Waals surface area (Å²) < 4.78 is 10.7. The zero-order valence-corrected chi connectivity index (χ0v) is 11.2. The summed E-state index contributed by atoms with van der Waals surface area (Å²) in [6, 6.07) is 0. The number of hydrogen-bond acceptors (Lipinski definition) is 4. The first kappa shape index (κ1) is 13.9. The highest BCUT2D eigenvalue weighted by Crippen LogP contribution is 2.66. The monoisotopic (exact) mass is 269 g/mol. The van der Waals surface area contributed by atoms with Crippen molar-refractivity contribution in [3.8, 4) is 0 Å². The molecule has 1 saturated carbocycles. The highest BCUT2D eigenvalue weighted by Gasteiger charge is 2.75. The van der Waals surface area contributed by atoms with Crippen LogP contribution in [0.1, 0.15) is 26.7 Å². The van der Waals surface area contributed by atoms with Gasteiger partial charge in [0.25, 0.3) is 0 Å². The summed E-state index contributed by atoms with van der Waals surface area (Å²) in [5.74, 6) is -0.833. The Bertz CT molecular complexity index is 423. The summed E-state index contributed by atoms with van der Waals surface area (Å²) in [7, 11) is 0. The third-order valence-corrected chi connectivity index (χ3v) is 4.17. The van der Waals surface area contributed by atoms with Gasteiger partial charge in [-0.2, -0.15) is 0 Å². The molecule has 19 heavy (non-hydrogen) atoms. The predicted octanol–water partition coefficient (Wildman–Crippen LogP) is 1.31. The van der Waals surface area contributed by atoms with Crippen molar-refractivity contribution >= 4 is 12.1 Å². The number of hydrogen-bond donors (Lipinski definition) is 2. The summed E-state index contributed by atoms with van der Waals surface area (Å²) in [6.07, 6.45) is 1.77. The van der Waals surface area contributed by atoms with Crippen molar-refractivity contribution in [3.05, 3.63) is 12.7 Å². The molecule has 3 aliphatic rings. The molecule has 0 aromatic rings. The van der Waals surface area contributed by atoms with Gasteiger partial charge in [-0.05, 0) is 26.7 Å². The summed E-state index contributed by atoms with van der Waals surface area (Å²) in [5, 5.41) is 12.0. The lowest BCUT2D eigenvalue weighted by molar-refractivity contribution is -0.157. The van der Waals surface area contributed by atoms with Crippen LogP contribution >= 0.6 is 0 Å². The first-order valence-corrected chi connectivity index (χ1v) is 6.22. The molecule has 0 unspecified atom stereocenters. The molecule has 6 heteroatoms. The number of fused-ring (bicyclic) bond motifs is 1. The molecule has 1 amide bonds. The van der Waals surface area contributed by atoms with E-state index in [0.29, 0.717) is 12.8 Å². The molecule has 0 atom stereocenters. The van der Waals surface area contributed by atoms with Crippen LogP contribution in [0.5, 0.6) is 0 Å². The number of nitrogens with one attached hydrogen (secondary N) is 1. The Hall–Kier alpha value is -1.56. The summed E-state index contributed by atoms with van der Waals surface area (Å²) in [6.45, 7) is 7.42. The maximum Gasteiger partial charge on any atom is 0.407 e. The Kier molecular flexibility index (Phi) is 3.09. The number of alkyl carbamates (subject to hydrolysis) is 1. The molecule has 6 nitrogen and oxygen atoms in total. The molecular formula is C13H19NO5. The zero-order chi connectivity index (χ0) is 14.3. The Morgan fingerprint density at radius 3 is 2.58 bits per heavy atom. The van der Waals surface area contributed by atoms with Crippen LogP contribution in [0.15, 0.2) is 12.7 Å². The summed E-state index contributed by atoms with van der Waals surface area (Å²) in [4.78, 5) is 22.7. The van der Waals surface area contributed by atoms with Crippen molar-refractivity contribution in [3.63, 3.8) is 0 Å². The fourth-order valence-corrected chi connectivity index (χ4v) is 3.17. The summed E-state index contributed by atoms with van der Waals surface area (Å²) >= 11 is 0. The van der Waals surface area contributed by atoms with Gasteiger partial charge in [-0.1, -0.05) is 12.7 Å². The quantitative estimate of drug-likeness (QED) is 0.735. The molecule has 2 saturated heterocycles. The Balaban J connectivity index is 1.93. The van der Waals surface area contributed by atoms with E-state index in [0.717, 1.165) is 0 Å². The van der Waals surface area contributed by atoms with Gasteiger partial charge in [-0.3, -0.25) is 4.79 Å². The fraction of sp³-hybridized carbons (Fsp3) is 0.692. The normalized spacial score (nSPS) is 34.2. The van der Waals surface area contributed by atoms with Gasteiger partial charge in [0.1, 0.15) is 12.0 Å². The van der Waals surface area contributed by atoms with Crippen molar-refractivity contribution in [1.29, 1.82) is 0 Å². The number of carbonyl (C=O) groups excluding carboxylic acids is 1. The lowest BCUT2D eigenvalue weighted by Crippen LogP contribution is -2.56. The van der Waals surface area contributed by atoms with E-state index in [-0.39, 0.29) is 13.2 Å². The molecule has 0 radical (unpaired) electrons. The first-order chi connectivity index (χ1) is 8.77. The average Bonchev–Trinajstić information content (AvgIpc) is 2.64. The standard InChI is InChI=1S/C13H19NO5/c1-4-5-18-10(17)14-8-12-6-13(7-12,9(15)16)11(2,3)19-12/h4H,1,5-8H2,2-3H3,(H,14,17)(H,15,16). The second-order valence-electron chi connectivity index (χ2n) is 5.78. The fourth-order valence-electron chi connectivity index (χ4n) is 3.17. The lowest BCUT2D eigenvalue weighted by Gasteiger charge is -2.43. The highest BCUT2D eigenvalue weighted by atomic mass is 16.6. The third-order valence-electron chi connectivity index (χ3n) is 4.17. The van der Waals surface area contributed by atoms with Crippen LogP contribution in [-0.4, -0.2) is 41.5 Å². The van der Waals surface area contributed by atoms with Gasteiger partial charge < -0.3 is 19.9 Å². The van der Waals surface area contributed by atoms with Gasteiger partial charge in [-0.25, -0.2) is 4.79 Å². The van der Waals surface area contributed by atoms with Crippen molar-refractivity contribution in [2.45, 2.75) is 37.9 Å². The third kappa shape index (κ3) is 2.00. The minimum absolute atomic E-state index is 0.143. The molecule has 0 aromatic carbocycles. The van der Waals surface area contributed by atoms with E-state index in [1.165, 1.54) is 6.08 Å². The molecule has 2 bridgehead atoms. The Labute approximate surface area is 111 Å². The molecule has 0 aromatic heterocycles. The first-order valence-electron chi connectivity index (χ1n) is 6.22. The van der Waals surface area contributed by atoms with E-state index in [2.05, 4.69) is 11.9 Å². The molecule has 2 heterocycles. The number of carboxylic acids is 1. The van der Waals surface area contributed by atoms with Gasteiger partial charge in [-0.15, -0.1) is 0 Å². The molecule has 3 fully saturated rings. The maximum atomic E-state index is 11.4. The van der Waals surface area contributed by atoms with E-state index in [4.69, 9.17) is 9.47 Å².